The summed E-state index contributed by atoms with van der Waals surface area (Å²) < 4.78 is 0. The Hall–Kier alpha value is -1.16. The molecule has 0 radical (unpaired) electrons. The maximum absolute atomic E-state index is 9.50. The van der Waals surface area contributed by atoms with Gasteiger partial charge in [0.05, 0.1) is 11.8 Å². The monoisotopic (exact) mass is 247 g/mol. The minimum atomic E-state index is -0.132. The molecule has 1 saturated carbocycles. The van der Waals surface area contributed by atoms with Gasteiger partial charge in [-0.25, -0.2) is 0 Å². The first-order valence-electron chi connectivity index (χ1n) is 7.09. The lowest BCUT2D eigenvalue weighted by atomic mass is 10.0. The fourth-order valence-corrected chi connectivity index (χ4v) is 3.04. The third-order valence-corrected chi connectivity index (χ3v) is 4.23. The number of aliphatic hydroxyl groups is 1. The fraction of sp³-hybridized carbons (Fsp3) is 0.714. The van der Waals surface area contributed by atoms with E-state index in [9.17, 15) is 5.11 Å². The van der Waals surface area contributed by atoms with Crippen LogP contribution in [-0.4, -0.2) is 34.5 Å². The van der Waals surface area contributed by atoms with Crippen molar-refractivity contribution >= 4 is 5.82 Å². The van der Waals surface area contributed by atoms with E-state index in [4.69, 9.17) is 0 Å². The molecule has 1 aliphatic carbocycles. The average molecular weight is 247 g/mol. The lowest BCUT2D eigenvalue weighted by Gasteiger charge is -2.30. The summed E-state index contributed by atoms with van der Waals surface area (Å²) in [6, 6.07) is 4.24. The molecule has 0 aromatic carbocycles. The second-order valence-electron chi connectivity index (χ2n) is 5.52. The van der Waals surface area contributed by atoms with Gasteiger partial charge < -0.3 is 10.0 Å². The summed E-state index contributed by atoms with van der Waals surface area (Å²) in [6.45, 7) is 1.78. The Labute approximate surface area is 108 Å². The van der Waals surface area contributed by atoms with Gasteiger partial charge in [-0.15, -0.1) is 5.10 Å². The van der Waals surface area contributed by atoms with Crippen LogP contribution in [0, 0.1) is 0 Å². The molecule has 1 N–H and O–H groups in total. The Balaban J connectivity index is 1.67. The second-order valence-corrected chi connectivity index (χ2v) is 5.52. The summed E-state index contributed by atoms with van der Waals surface area (Å²) in [4.78, 5) is 2.22. The van der Waals surface area contributed by atoms with E-state index in [0.717, 1.165) is 37.4 Å². The number of nitrogens with zero attached hydrogens (tertiary/aromatic N) is 3. The van der Waals surface area contributed by atoms with E-state index < -0.39 is 0 Å². The van der Waals surface area contributed by atoms with E-state index >= 15 is 0 Å². The number of rotatable bonds is 2. The maximum Gasteiger partial charge on any atom is 0.151 e. The zero-order chi connectivity index (χ0) is 12.4. The van der Waals surface area contributed by atoms with E-state index in [-0.39, 0.29) is 6.10 Å². The lowest BCUT2D eigenvalue weighted by molar-refractivity contribution is 0.145. The predicted molar refractivity (Wildman–Crippen MR) is 70.7 cm³/mol. The summed E-state index contributed by atoms with van der Waals surface area (Å²) in [6.07, 6.45) is 6.74. The Morgan fingerprint density at radius 1 is 1.00 bits per heavy atom. The van der Waals surface area contributed by atoms with Crippen molar-refractivity contribution in [2.45, 2.75) is 50.5 Å². The maximum atomic E-state index is 9.50. The summed E-state index contributed by atoms with van der Waals surface area (Å²) in [7, 11) is 0. The van der Waals surface area contributed by atoms with Gasteiger partial charge in [-0.3, -0.25) is 0 Å². The summed E-state index contributed by atoms with van der Waals surface area (Å²) in [5.74, 6) is 1.60. The van der Waals surface area contributed by atoms with Crippen LogP contribution in [0.2, 0.25) is 0 Å². The molecule has 0 bridgehead atoms. The van der Waals surface area contributed by atoms with Crippen LogP contribution in [0.4, 0.5) is 5.82 Å². The van der Waals surface area contributed by atoms with Crippen LogP contribution >= 0.6 is 0 Å². The van der Waals surface area contributed by atoms with Gasteiger partial charge in [0.25, 0.3) is 0 Å². The minimum absolute atomic E-state index is 0.132. The molecular weight excluding hydrogens is 226 g/mol. The van der Waals surface area contributed by atoms with Crippen LogP contribution < -0.4 is 4.90 Å². The van der Waals surface area contributed by atoms with Gasteiger partial charge in [0.1, 0.15) is 0 Å². The third-order valence-electron chi connectivity index (χ3n) is 4.23. The molecule has 1 aromatic heterocycles. The highest BCUT2D eigenvalue weighted by atomic mass is 16.3. The Morgan fingerprint density at radius 2 is 1.72 bits per heavy atom. The number of piperidine rings is 1. The van der Waals surface area contributed by atoms with Gasteiger partial charge in [-0.05, 0) is 37.8 Å². The molecule has 2 fully saturated rings. The first kappa shape index (κ1) is 11.9. The van der Waals surface area contributed by atoms with Gasteiger partial charge in [0, 0.05) is 19.0 Å². The van der Waals surface area contributed by atoms with Crippen LogP contribution in [0.5, 0.6) is 0 Å². The van der Waals surface area contributed by atoms with Crippen molar-refractivity contribution in [2.24, 2.45) is 0 Å². The molecule has 1 aromatic rings. The van der Waals surface area contributed by atoms with Crippen molar-refractivity contribution in [3.63, 3.8) is 0 Å². The van der Waals surface area contributed by atoms with Crippen molar-refractivity contribution in [1.82, 2.24) is 10.2 Å². The number of hydrogen-bond donors (Lipinski definition) is 1. The van der Waals surface area contributed by atoms with Gasteiger partial charge in [-0.1, -0.05) is 12.8 Å². The molecule has 0 amide bonds. The van der Waals surface area contributed by atoms with Crippen molar-refractivity contribution in [3.8, 4) is 0 Å². The van der Waals surface area contributed by atoms with Gasteiger partial charge >= 0.3 is 0 Å². The van der Waals surface area contributed by atoms with E-state index in [1.807, 2.05) is 0 Å². The van der Waals surface area contributed by atoms with E-state index in [1.165, 1.54) is 25.7 Å². The topological polar surface area (TPSA) is 49.2 Å². The van der Waals surface area contributed by atoms with Crippen LogP contribution in [0.15, 0.2) is 12.1 Å². The molecule has 4 nitrogen and oxygen atoms in total. The van der Waals surface area contributed by atoms with Crippen LogP contribution in [-0.2, 0) is 0 Å². The number of anilines is 1. The quantitative estimate of drug-likeness (QED) is 0.869. The Bertz CT molecular complexity index is 379. The molecule has 0 unspecified atom stereocenters. The molecule has 1 aliphatic heterocycles. The van der Waals surface area contributed by atoms with Crippen LogP contribution in [0.1, 0.15) is 50.1 Å². The number of aliphatic hydroxyl groups excluding tert-OH is 1. The zero-order valence-electron chi connectivity index (χ0n) is 10.8. The molecule has 0 spiro atoms. The zero-order valence-corrected chi connectivity index (χ0v) is 10.8. The van der Waals surface area contributed by atoms with Crippen LogP contribution in [0.3, 0.4) is 0 Å². The number of hydrogen-bond acceptors (Lipinski definition) is 4. The van der Waals surface area contributed by atoms with Gasteiger partial charge in [-0.2, -0.15) is 5.10 Å². The summed E-state index contributed by atoms with van der Waals surface area (Å²) >= 11 is 0. The predicted octanol–water partition coefficient (Wildman–Crippen LogP) is 2.10. The SMILES string of the molecule is OC1CCN(c2ccc(C3CCCC3)nn2)CC1. The standard InChI is InChI=1S/C14H21N3O/c18-12-7-9-17(10-8-12)14-6-5-13(15-16-14)11-3-1-2-4-11/h5-6,11-12,18H,1-4,7-10H2. The highest BCUT2D eigenvalue weighted by molar-refractivity contribution is 5.38. The molecule has 3 rings (SSSR count). The minimum Gasteiger partial charge on any atom is -0.393 e. The van der Waals surface area contributed by atoms with E-state index in [1.54, 1.807) is 0 Å². The van der Waals surface area contributed by atoms with Crippen LogP contribution in [0.25, 0.3) is 0 Å². The molecule has 1 saturated heterocycles. The normalized spacial score (nSPS) is 22.6. The molecule has 18 heavy (non-hydrogen) atoms. The van der Waals surface area contributed by atoms with E-state index in [2.05, 4.69) is 27.2 Å². The smallest absolute Gasteiger partial charge is 0.151 e. The Kier molecular flexibility index (Phi) is 3.46. The van der Waals surface area contributed by atoms with Crippen molar-refractivity contribution in [1.29, 1.82) is 0 Å². The van der Waals surface area contributed by atoms with E-state index in [0.29, 0.717) is 5.92 Å². The van der Waals surface area contributed by atoms with Crippen molar-refractivity contribution in [2.75, 3.05) is 18.0 Å². The summed E-state index contributed by atoms with van der Waals surface area (Å²) in [5.41, 5.74) is 1.16. The first-order chi connectivity index (χ1) is 8.83. The molecule has 4 heteroatoms. The Morgan fingerprint density at radius 3 is 2.33 bits per heavy atom. The molecule has 2 aliphatic rings. The molecule has 0 atom stereocenters. The highest BCUT2D eigenvalue weighted by Gasteiger charge is 2.21. The summed E-state index contributed by atoms with van der Waals surface area (Å²) in [5, 5.41) is 18.3. The van der Waals surface area contributed by atoms with Crippen molar-refractivity contribution < 1.29 is 5.11 Å². The first-order valence-corrected chi connectivity index (χ1v) is 7.09. The van der Waals surface area contributed by atoms with Crippen molar-refractivity contribution in [3.05, 3.63) is 17.8 Å². The number of aromatic nitrogens is 2. The third kappa shape index (κ3) is 2.48. The second kappa shape index (κ2) is 5.22. The largest absolute Gasteiger partial charge is 0.393 e. The molecule has 2 heterocycles. The molecular formula is C14H21N3O. The average Bonchev–Trinajstić information content (AvgIpc) is 2.94. The highest BCUT2D eigenvalue weighted by Crippen LogP contribution is 2.33. The van der Waals surface area contributed by atoms with Gasteiger partial charge in [0.15, 0.2) is 5.82 Å². The molecule has 98 valence electrons. The lowest BCUT2D eigenvalue weighted by Crippen LogP contribution is -2.36. The fourth-order valence-electron chi connectivity index (χ4n) is 3.04. The van der Waals surface area contributed by atoms with Gasteiger partial charge in [0.2, 0.25) is 0 Å².